The Morgan fingerprint density at radius 3 is 2.58 bits per heavy atom. The van der Waals surface area contributed by atoms with Crippen LogP contribution < -0.4 is 19.5 Å². The van der Waals surface area contributed by atoms with E-state index < -0.39 is 0 Å². The number of amides is 1. The number of para-hydroxylation sites is 3. The first-order chi connectivity index (χ1) is 11.6. The number of carbonyl (C=O) groups excluding carboxylic acids is 1. The summed E-state index contributed by atoms with van der Waals surface area (Å²) in [5, 5.41) is 3.45. The van der Waals surface area contributed by atoms with E-state index in [1.165, 1.54) is 0 Å². The Labute approximate surface area is 149 Å². The smallest absolute Gasteiger partial charge is 0.258 e. The van der Waals surface area contributed by atoms with E-state index in [4.69, 9.17) is 37.4 Å². The molecule has 0 fully saturated rings. The lowest BCUT2D eigenvalue weighted by Crippen LogP contribution is -2.42. The van der Waals surface area contributed by atoms with Crippen LogP contribution in [0, 0.1) is 0 Å². The number of rotatable bonds is 5. The fraction of sp³-hybridized carbons (Fsp3) is 0.235. The van der Waals surface area contributed by atoms with Gasteiger partial charge < -0.3 is 19.5 Å². The normalized spacial score (nSPS) is 15.7. The molecule has 0 aromatic heterocycles. The minimum absolute atomic E-state index is 0.187. The quantitative estimate of drug-likeness (QED) is 0.880. The van der Waals surface area contributed by atoms with Crippen LogP contribution in [0.2, 0.25) is 10.0 Å². The van der Waals surface area contributed by atoms with Crippen LogP contribution in [0.3, 0.4) is 0 Å². The Bertz CT molecular complexity index is 718. The van der Waals surface area contributed by atoms with Crippen molar-refractivity contribution in [3.05, 3.63) is 52.5 Å². The Kier molecular flexibility index (Phi) is 5.33. The molecule has 0 aliphatic carbocycles. The van der Waals surface area contributed by atoms with Crippen molar-refractivity contribution in [3.63, 3.8) is 0 Å². The maximum Gasteiger partial charge on any atom is 0.258 e. The average molecular weight is 368 g/mol. The lowest BCUT2D eigenvalue weighted by Gasteiger charge is -2.26. The van der Waals surface area contributed by atoms with Crippen LogP contribution in [0.5, 0.6) is 17.2 Å². The molecule has 7 heteroatoms. The highest BCUT2D eigenvalue weighted by molar-refractivity contribution is 6.37. The van der Waals surface area contributed by atoms with E-state index in [9.17, 15) is 4.79 Å². The number of benzene rings is 2. The summed E-state index contributed by atoms with van der Waals surface area (Å²) < 4.78 is 16.7. The number of fused-ring (bicyclic) bond motifs is 1. The summed E-state index contributed by atoms with van der Waals surface area (Å²) in [6.45, 7) is 0.495. The van der Waals surface area contributed by atoms with Gasteiger partial charge >= 0.3 is 0 Å². The zero-order valence-corrected chi connectivity index (χ0v) is 14.1. The van der Waals surface area contributed by atoms with E-state index in [1.54, 1.807) is 18.2 Å². The number of carbonyl (C=O) groups is 1. The molecule has 1 amide bonds. The number of hydrogen-bond acceptors (Lipinski definition) is 4. The first kappa shape index (κ1) is 16.7. The van der Waals surface area contributed by atoms with Gasteiger partial charge in [-0.2, -0.15) is 0 Å². The summed E-state index contributed by atoms with van der Waals surface area (Å²) >= 11 is 12.0. The fourth-order valence-electron chi connectivity index (χ4n) is 2.20. The molecule has 1 aliphatic rings. The minimum atomic E-state index is -0.298. The summed E-state index contributed by atoms with van der Waals surface area (Å²) in [4.78, 5) is 11.9. The van der Waals surface area contributed by atoms with Crippen LogP contribution in [-0.4, -0.2) is 31.8 Å². The van der Waals surface area contributed by atoms with Crippen LogP contribution in [-0.2, 0) is 4.79 Å². The third-order valence-electron chi connectivity index (χ3n) is 3.36. The highest BCUT2D eigenvalue weighted by Crippen LogP contribution is 2.32. The molecule has 0 bridgehead atoms. The van der Waals surface area contributed by atoms with Crippen LogP contribution in [0.1, 0.15) is 0 Å². The second-order valence-electron chi connectivity index (χ2n) is 5.14. The van der Waals surface area contributed by atoms with E-state index >= 15 is 0 Å². The maximum atomic E-state index is 11.9. The van der Waals surface area contributed by atoms with Crippen molar-refractivity contribution in [3.8, 4) is 17.2 Å². The van der Waals surface area contributed by atoms with Crippen LogP contribution in [0.25, 0.3) is 0 Å². The zero-order chi connectivity index (χ0) is 16.9. The first-order valence-electron chi connectivity index (χ1n) is 7.35. The maximum absolute atomic E-state index is 11.9. The van der Waals surface area contributed by atoms with E-state index in [1.807, 2.05) is 24.3 Å². The third-order valence-corrected chi connectivity index (χ3v) is 3.96. The van der Waals surface area contributed by atoms with E-state index in [2.05, 4.69) is 5.32 Å². The van der Waals surface area contributed by atoms with Crippen molar-refractivity contribution < 1.29 is 19.0 Å². The summed E-state index contributed by atoms with van der Waals surface area (Å²) in [7, 11) is 0. The monoisotopic (exact) mass is 367 g/mol. The van der Waals surface area contributed by atoms with Gasteiger partial charge in [-0.25, -0.2) is 0 Å². The topological polar surface area (TPSA) is 56.8 Å². The van der Waals surface area contributed by atoms with Crippen molar-refractivity contribution in [1.82, 2.24) is 5.32 Å². The van der Waals surface area contributed by atoms with Crippen LogP contribution in [0.4, 0.5) is 0 Å². The summed E-state index contributed by atoms with van der Waals surface area (Å²) in [5.74, 6) is 1.37. The summed E-state index contributed by atoms with van der Waals surface area (Å²) in [5.41, 5.74) is 0. The number of halogens is 2. The van der Waals surface area contributed by atoms with E-state index in [-0.39, 0.29) is 18.6 Å². The van der Waals surface area contributed by atoms with Gasteiger partial charge in [-0.3, -0.25) is 4.79 Å². The predicted molar refractivity (Wildman–Crippen MR) is 91.3 cm³/mol. The molecule has 0 saturated heterocycles. The largest absolute Gasteiger partial charge is 0.486 e. The molecule has 0 unspecified atom stereocenters. The lowest BCUT2D eigenvalue weighted by atomic mass is 10.2. The van der Waals surface area contributed by atoms with Crippen molar-refractivity contribution in [2.24, 2.45) is 0 Å². The molecule has 24 heavy (non-hydrogen) atoms. The molecule has 0 spiro atoms. The fourth-order valence-corrected chi connectivity index (χ4v) is 2.71. The molecule has 3 rings (SSSR count). The Morgan fingerprint density at radius 1 is 1.12 bits per heavy atom. The summed E-state index contributed by atoms with van der Waals surface area (Å²) in [6.07, 6.45) is -0.257. The van der Waals surface area contributed by atoms with Crippen molar-refractivity contribution in [2.75, 3.05) is 19.8 Å². The summed E-state index contributed by atoms with van der Waals surface area (Å²) in [6, 6.07) is 12.4. The van der Waals surface area contributed by atoms with Crippen LogP contribution >= 0.6 is 23.2 Å². The van der Waals surface area contributed by atoms with Crippen molar-refractivity contribution in [2.45, 2.75) is 6.10 Å². The SMILES string of the molecule is O=C(COc1c(Cl)cccc1Cl)NC[C@@H]1COc2ccccc2O1. The van der Waals surface area contributed by atoms with Gasteiger partial charge in [-0.15, -0.1) is 0 Å². The van der Waals surface area contributed by atoms with Gasteiger partial charge in [0, 0.05) is 0 Å². The highest BCUT2D eigenvalue weighted by atomic mass is 35.5. The molecule has 1 aliphatic heterocycles. The van der Waals surface area contributed by atoms with Gasteiger partial charge in [0.15, 0.2) is 23.9 Å². The second kappa shape index (κ2) is 7.64. The number of ether oxygens (including phenoxy) is 3. The second-order valence-corrected chi connectivity index (χ2v) is 5.96. The van der Waals surface area contributed by atoms with Gasteiger partial charge in [0.05, 0.1) is 16.6 Å². The molecule has 0 radical (unpaired) electrons. The van der Waals surface area contributed by atoms with Gasteiger partial charge in [0.25, 0.3) is 5.91 Å². The molecular formula is C17H15Cl2NO4. The number of hydrogen-bond donors (Lipinski definition) is 1. The first-order valence-corrected chi connectivity index (χ1v) is 8.11. The molecule has 5 nitrogen and oxygen atoms in total. The van der Waals surface area contributed by atoms with Gasteiger partial charge in [0.2, 0.25) is 0 Å². The average Bonchev–Trinajstić information content (AvgIpc) is 2.59. The molecule has 1 atom stereocenters. The Balaban J connectivity index is 1.47. The standard InChI is InChI=1S/C17H15Cl2NO4/c18-12-4-3-5-13(19)17(12)23-10-16(21)20-8-11-9-22-14-6-1-2-7-15(14)24-11/h1-7,11H,8-10H2,(H,20,21)/t11-/m1/s1. The molecule has 1 N–H and O–H groups in total. The molecule has 2 aromatic carbocycles. The van der Waals surface area contributed by atoms with Gasteiger partial charge in [0.1, 0.15) is 12.7 Å². The zero-order valence-electron chi connectivity index (χ0n) is 12.6. The molecular weight excluding hydrogens is 353 g/mol. The lowest BCUT2D eigenvalue weighted by molar-refractivity contribution is -0.123. The molecule has 126 valence electrons. The molecule has 0 saturated carbocycles. The van der Waals surface area contributed by atoms with Crippen LogP contribution in [0.15, 0.2) is 42.5 Å². The molecule has 1 heterocycles. The van der Waals surface area contributed by atoms with E-state index in [0.717, 1.165) is 0 Å². The highest BCUT2D eigenvalue weighted by Gasteiger charge is 2.21. The Morgan fingerprint density at radius 2 is 1.83 bits per heavy atom. The Hall–Kier alpha value is -2.11. The number of nitrogens with one attached hydrogen (secondary N) is 1. The predicted octanol–water partition coefficient (Wildman–Crippen LogP) is 3.33. The minimum Gasteiger partial charge on any atom is -0.486 e. The van der Waals surface area contributed by atoms with Crippen molar-refractivity contribution in [1.29, 1.82) is 0 Å². The third kappa shape index (κ3) is 4.04. The van der Waals surface area contributed by atoms with Crippen molar-refractivity contribution >= 4 is 29.1 Å². The van der Waals surface area contributed by atoms with Gasteiger partial charge in [-0.05, 0) is 24.3 Å². The molecule has 2 aromatic rings. The van der Waals surface area contributed by atoms with E-state index in [0.29, 0.717) is 40.4 Å². The van der Waals surface area contributed by atoms with Gasteiger partial charge in [-0.1, -0.05) is 41.4 Å².